The molecule has 2 aliphatic carbocycles. The number of fused-ring (bicyclic) bond motifs is 1. The fraction of sp³-hybridized carbons (Fsp3) is 0.636. The van der Waals surface area contributed by atoms with Gasteiger partial charge in [0, 0.05) is 0 Å². The van der Waals surface area contributed by atoms with Crippen LogP contribution < -0.4 is 4.74 Å². The van der Waals surface area contributed by atoms with Gasteiger partial charge in [-0.3, -0.25) is 0 Å². The number of allylic oxidation sites excluding steroid dienone is 2. The molecule has 1 nitrogen and oxygen atoms in total. The zero-order valence-corrected chi connectivity index (χ0v) is 15.5. The average Bonchev–Trinajstić information content (AvgIpc) is 2.61. The Bertz CT molecular complexity index is 590. The van der Waals surface area contributed by atoms with E-state index in [4.69, 9.17) is 0 Å². The molecule has 0 bridgehead atoms. The maximum absolute atomic E-state index is 12.3. The number of rotatable bonds is 5. The molecule has 2 saturated carbocycles. The lowest BCUT2D eigenvalue weighted by Crippen LogP contribution is -2.30. The van der Waals surface area contributed by atoms with Crippen molar-refractivity contribution in [3.05, 3.63) is 42.0 Å². The highest BCUT2D eigenvalue weighted by molar-refractivity contribution is 5.30. The largest absolute Gasteiger partial charge is 0.573 e. The fourth-order valence-electron chi connectivity index (χ4n) is 4.80. The summed E-state index contributed by atoms with van der Waals surface area (Å²) in [6, 6.07) is 6.52. The first-order chi connectivity index (χ1) is 12.4. The quantitative estimate of drug-likeness (QED) is 0.499. The minimum Gasteiger partial charge on any atom is -0.406 e. The van der Waals surface area contributed by atoms with Gasteiger partial charge in [-0.1, -0.05) is 37.6 Å². The molecular formula is C22H29F3O. The van der Waals surface area contributed by atoms with Crippen LogP contribution in [-0.4, -0.2) is 6.36 Å². The first-order valence-corrected chi connectivity index (χ1v) is 9.97. The number of alkyl halides is 3. The van der Waals surface area contributed by atoms with Gasteiger partial charge in [-0.05, 0) is 86.3 Å². The Balaban J connectivity index is 1.54. The van der Waals surface area contributed by atoms with E-state index in [2.05, 4.69) is 23.8 Å². The lowest BCUT2D eigenvalue weighted by molar-refractivity contribution is -0.274. The molecular weight excluding hydrogens is 337 g/mol. The first-order valence-electron chi connectivity index (χ1n) is 9.97. The molecule has 4 heteroatoms. The van der Waals surface area contributed by atoms with Crippen LogP contribution in [0.1, 0.15) is 69.8 Å². The van der Waals surface area contributed by atoms with E-state index >= 15 is 0 Å². The van der Waals surface area contributed by atoms with Crippen LogP contribution in [0.15, 0.2) is 36.4 Å². The topological polar surface area (TPSA) is 9.23 Å². The van der Waals surface area contributed by atoms with Crippen molar-refractivity contribution >= 4 is 0 Å². The number of benzene rings is 1. The molecule has 0 aliphatic heterocycles. The van der Waals surface area contributed by atoms with Gasteiger partial charge in [0.25, 0.3) is 0 Å². The van der Waals surface area contributed by atoms with Crippen LogP contribution in [0.25, 0.3) is 0 Å². The number of halogens is 3. The third kappa shape index (κ3) is 5.28. The molecule has 0 radical (unpaired) electrons. The van der Waals surface area contributed by atoms with Crippen LogP contribution >= 0.6 is 0 Å². The molecule has 144 valence electrons. The molecule has 0 heterocycles. The standard InChI is InChI=1S/C22H29F3O/c1-2-3-4-5-16-6-7-20-15-19(9-8-18(20)14-16)17-10-12-21(13-11-17)26-22(23,24)25/h4-5,10-13,16,18-20H,2-3,6-9,14-15H2,1H3/t16-,18-,19?,20-/m1/s1. The number of hydrogen-bond acceptors (Lipinski definition) is 1. The Morgan fingerprint density at radius 3 is 2.38 bits per heavy atom. The molecule has 1 unspecified atom stereocenters. The zero-order valence-electron chi connectivity index (χ0n) is 15.5. The van der Waals surface area contributed by atoms with E-state index in [1.165, 1.54) is 57.1 Å². The summed E-state index contributed by atoms with van der Waals surface area (Å²) in [5.41, 5.74) is 1.16. The third-order valence-corrected chi connectivity index (χ3v) is 6.10. The number of unbranched alkanes of at least 4 members (excludes halogenated alkanes) is 1. The van der Waals surface area contributed by atoms with Crippen LogP contribution in [0, 0.1) is 17.8 Å². The predicted octanol–water partition coefficient (Wildman–Crippen LogP) is 7.24. The van der Waals surface area contributed by atoms with Crippen molar-refractivity contribution in [2.45, 2.75) is 70.6 Å². The van der Waals surface area contributed by atoms with Gasteiger partial charge in [0.15, 0.2) is 0 Å². The van der Waals surface area contributed by atoms with Crippen LogP contribution in [0.5, 0.6) is 5.75 Å². The first kappa shape index (κ1) is 19.3. The van der Waals surface area contributed by atoms with Crippen LogP contribution in [0.4, 0.5) is 13.2 Å². The summed E-state index contributed by atoms with van der Waals surface area (Å²) in [4.78, 5) is 0. The summed E-state index contributed by atoms with van der Waals surface area (Å²) >= 11 is 0. The van der Waals surface area contributed by atoms with Crippen molar-refractivity contribution in [3.63, 3.8) is 0 Å². The summed E-state index contributed by atoms with van der Waals surface area (Å²) in [6.45, 7) is 2.21. The summed E-state index contributed by atoms with van der Waals surface area (Å²) in [5, 5.41) is 0. The van der Waals surface area contributed by atoms with Gasteiger partial charge < -0.3 is 4.74 Å². The van der Waals surface area contributed by atoms with Gasteiger partial charge in [0.05, 0.1) is 0 Å². The van der Waals surface area contributed by atoms with Crippen molar-refractivity contribution in [3.8, 4) is 5.75 Å². The van der Waals surface area contributed by atoms with Crippen molar-refractivity contribution < 1.29 is 17.9 Å². The molecule has 2 aliphatic rings. The van der Waals surface area contributed by atoms with Gasteiger partial charge in [0.2, 0.25) is 0 Å². The van der Waals surface area contributed by atoms with E-state index < -0.39 is 6.36 Å². The SMILES string of the molecule is CCCC=C[C@@H]1CC[C@@H]2CC(c3ccc(OC(F)(F)F)cc3)CC[C@@H]2C1. The smallest absolute Gasteiger partial charge is 0.406 e. The molecule has 0 spiro atoms. The maximum atomic E-state index is 12.3. The van der Waals surface area contributed by atoms with Crippen LogP contribution in [0.3, 0.4) is 0 Å². The second kappa shape index (κ2) is 8.49. The lowest BCUT2D eigenvalue weighted by Gasteiger charge is -2.41. The average molecular weight is 366 g/mol. The summed E-state index contributed by atoms with van der Waals surface area (Å²) in [6.07, 6.45) is 10.0. The van der Waals surface area contributed by atoms with Gasteiger partial charge >= 0.3 is 6.36 Å². The highest BCUT2D eigenvalue weighted by Gasteiger charge is 2.35. The highest BCUT2D eigenvalue weighted by Crippen LogP contribution is 2.48. The normalized spacial score (nSPS) is 29.5. The molecule has 1 aromatic carbocycles. The Labute approximate surface area is 154 Å². The van der Waals surface area contributed by atoms with Gasteiger partial charge in [-0.25, -0.2) is 0 Å². The monoisotopic (exact) mass is 366 g/mol. The Morgan fingerprint density at radius 1 is 1.00 bits per heavy atom. The van der Waals surface area contributed by atoms with E-state index in [1.54, 1.807) is 0 Å². The number of hydrogen-bond donors (Lipinski definition) is 0. The second-order valence-electron chi connectivity index (χ2n) is 7.94. The molecule has 4 atom stereocenters. The van der Waals surface area contributed by atoms with E-state index in [0.29, 0.717) is 5.92 Å². The summed E-state index contributed by atoms with van der Waals surface area (Å²) in [7, 11) is 0. The molecule has 0 aromatic heterocycles. The lowest BCUT2D eigenvalue weighted by atomic mass is 9.64. The Morgan fingerprint density at radius 2 is 1.69 bits per heavy atom. The molecule has 0 N–H and O–H groups in total. The van der Waals surface area contributed by atoms with Crippen molar-refractivity contribution in [2.24, 2.45) is 17.8 Å². The van der Waals surface area contributed by atoms with E-state index in [1.807, 2.05) is 12.1 Å². The van der Waals surface area contributed by atoms with Gasteiger partial charge in [-0.2, -0.15) is 0 Å². The molecule has 26 heavy (non-hydrogen) atoms. The second-order valence-corrected chi connectivity index (χ2v) is 7.94. The van der Waals surface area contributed by atoms with Crippen LogP contribution in [-0.2, 0) is 0 Å². The van der Waals surface area contributed by atoms with Gasteiger partial charge in [0.1, 0.15) is 5.75 Å². The predicted molar refractivity (Wildman–Crippen MR) is 98.1 cm³/mol. The Kier molecular flexibility index (Phi) is 6.31. The minimum atomic E-state index is -4.62. The zero-order chi connectivity index (χ0) is 18.6. The van der Waals surface area contributed by atoms with E-state index in [0.717, 1.165) is 29.7 Å². The number of ether oxygens (including phenoxy) is 1. The molecule has 2 fully saturated rings. The molecule has 1 aromatic rings. The summed E-state index contributed by atoms with van der Waals surface area (Å²) in [5.74, 6) is 2.69. The maximum Gasteiger partial charge on any atom is 0.573 e. The van der Waals surface area contributed by atoms with E-state index in [9.17, 15) is 13.2 Å². The van der Waals surface area contributed by atoms with Crippen molar-refractivity contribution in [2.75, 3.05) is 0 Å². The molecule has 0 amide bonds. The van der Waals surface area contributed by atoms with Crippen molar-refractivity contribution in [1.29, 1.82) is 0 Å². The van der Waals surface area contributed by atoms with Crippen LogP contribution in [0.2, 0.25) is 0 Å². The fourth-order valence-corrected chi connectivity index (χ4v) is 4.80. The highest BCUT2D eigenvalue weighted by atomic mass is 19.4. The van der Waals surface area contributed by atoms with E-state index in [-0.39, 0.29) is 5.75 Å². The van der Waals surface area contributed by atoms with Crippen molar-refractivity contribution in [1.82, 2.24) is 0 Å². The Hall–Kier alpha value is -1.45. The molecule has 0 saturated heterocycles. The van der Waals surface area contributed by atoms with Gasteiger partial charge in [-0.15, -0.1) is 13.2 Å². The summed E-state index contributed by atoms with van der Waals surface area (Å²) < 4.78 is 40.8. The molecule has 3 rings (SSSR count). The minimum absolute atomic E-state index is 0.130. The third-order valence-electron chi connectivity index (χ3n) is 6.10.